The van der Waals surface area contributed by atoms with Crippen molar-refractivity contribution >= 4 is 48.5 Å². The number of benzene rings is 1. The maximum absolute atomic E-state index is 13.6. The number of nitrogens with zero attached hydrogens (tertiary/aromatic N) is 4. The number of ether oxygens (including phenoxy) is 4. The third-order valence-corrected chi connectivity index (χ3v) is 9.02. The predicted octanol–water partition coefficient (Wildman–Crippen LogP) is 4.69. The minimum atomic E-state index is -4.13. The Balaban J connectivity index is 1.48. The highest BCUT2D eigenvalue weighted by atomic mass is 35.5. The molecule has 3 aromatic rings. The van der Waals surface area contributed by atoms with Crippen molar-refractivity contribution in [2.75, 3.05) is 25.6 Å². The fraction of sp³-hybridized carbons (Fsp3) is 0.536. The second kappa shape index (κ2) is 13.6. The first-order valence-electron chi connectivity index (χ1n) is 14.5. The Kier molecular flexibility index (Phi) is 9.97. The Labute approximate surface area is 264 Å². The van der Waals surface area contributed by atoms with Crippen LogP contribution in [0.4, 0.5) is 5.95 Å². The van der Waals surface area contributed by atoms with E-state index < -0.39 is 56.5 Å². The number of rotatable bonds is 11. The lowest BCUT2D eigenvalue weighted by Gasteiger charge is -2.34. The van der Waals surface area contributed by atoms with Crippen molar-refractivity contribution in [2.24, 2.45) is 0 Å². The first-order chi connectivity index (χ1) is 21.5. The summed E-state index contributed by atoms with van der Waals surface area (Å²) in [6.07, 6.45) is -2.26. The summed E-state index contributed by atoms with van der Waals surface area (Å²) in [6, 6.07) is 6.99. The zero-order valence-electron chi connectivity index (χ0n) is 25.2. The molecule has 2 aliphatic rings. The van der Waals surface area contributed by atoms with E-state index in [2.05, 4.69) is 15.0 Å². The SMILES string of the molecule is CCOc1nc(N)nc2c1ncn2[C@@H]1O[C@H](CO[P@@]2(=O)OCC[C@@H](c3cccc(Cl)c3)O2)[C@@H](OC(=O)CC)[C@@]1(C)OC(=O)CC. The molecular formula is C28H35ClN5O10P. The fourth-order valence-corrected chi connectivity index (χ4v) is 6.78. The quantitative estimate of drug-likeness (QED) is 0.219. The summed E-state index contributed by atoms with van der Waals surface area (Å²) in [6.45, 7) is 6.54. The minimum Gasteiger partial charge on any atom is -0.476 e. The molecule has 0 bridgehead atoms. The first kappa shape index (κ1) is 33.0. The monoisotopic (exact) mass is 667 g/mol. The maximum atomic E-state index is 13.6. The van der Waals surface area contributed by atoms with Gasteiger partial charge in [0.1, 0.15) is 6.10 Å². The number of carbonyl (C=O) groups is 2. The summed E-state index contributed by atoms with van der Waals surface area (Å²) in [5.41, 5.74) is 5.53. The summed E-state index contributed by atoms with van der Waals surface area (Å²) in [4.78, 5) is 38.3. The van der Waals surface area contributed by atoms with Crippen LogP contribution in [-0.4, -0.2) is 69.1 Å². The third kappa shape index (κ3) is 6.93. The molecule has 0 radical (unpaired) electrons. The molecule has 4 heterocycles. The molecule has 0 saturated carbocycles. The number of nitrogen functional groups attached to an aromatic ring is 1. The predicted molar refractivity (Wildman–Crippen MR) is 159 cm³/mol. The number of phosphoric ester groups is 1. The van der Waals surface area contributed by atoms with Crippen LogP contribution in [0, 0.1) is 0 Å². The fourth-order valence-electron chi connectivity index (χ4n) is 5.19. The Bertz CT molecular complexity index is 1610. The molecule has 1 aromatic carbocycles. The van der Waals surface area contributed by atoms with E-state index in [1.165, 1.54) is 10.9 Å². The van der Waals surface area contributed by atoms with Gasteiger partial charge in [0, 0.05) is 24.3 Å². The number of hydrogen-bond donors (Lipinski definition) is 1. The van der Waals surface area contributed by atoms with E-state index in [9.17, 15) is 14.2 Å². The van der Waals surface area contributed by atoms with Crippen molar-refractivity contribution in [1.82, 2.24) is 19.5 Å². The minimum absolute atomic E-state index is 0.0218. The number of nitrogens with two attached hydrogens (primary N) is 1. The second-order valence-electron chi connectivity index (χ2n) is 10.5. The summed E-state index contributed by atoms with van der Waals surface area (Å²) in [5, 5.41) is 0.498. The molecule has 15 nitrogen and oxygen atoms in total. The Morgan fingerprint density at radius 2 is 1.98 bits per heavy atom. The molecule has 2 aliphatic heterocycles. The smallest absolute Gasteiger partial charge is 0.475 e. The van der Waals surface area contributed by atoms with Gasteiger partial charge in [-0.2, -0.15) is 9.97 Å². The van der Waals surface area contributed by atoms with E-state index in [0.29, 0.717) is 23.6 Å². The van der Waals surface area contributed by atoms with Gasteiger partial charge in [0.2, 0.25) is 11.8 Å². The van der Waals surface area contributed by atoms with E-state index >= 15 is 0 Å². The highest BCUT2D eigenvalue weighted by molar-refractivity contribution is 7.48. The van der Waals surface area contributed by atoms with E-state index in [-0.39, 0.29) is 42.4 Å². The molecule has 0 amide bonds. The van der Waals surface area contributed by atoms with E-state index in [1.54, 1.807) is 52.0 Å². The molecule has 244 valence electrons. The van der Waals surface area contributed by atoms with Crippen molar-refractivity contribution in [3.63, 3.8) is 0 Å². The van der Waals surface area contributed by atoms with Crippen LogP contribution in [0.1, 0.15) is 64.9 Å². The lowest BCUT2D eigenvalue weighted by atomic mass is 9.95. The van der Waals surface area contributed by atoms with Crippen LogP contribution in [0.15, 0.2) is 30.6 Å². The average molecular weight is 668 g/mol. The van der Waals surface area contributed by atoms with Crippen molar-refractivity contribution in [1.29, 1.82) is 0 Å². The highest BCUT2D eigenvalue weighted by Gasteiger charge is 2.60. The molecule has 17 heteroatoms. The Morgan fingerprint density at radius 3 is 2.69 bits per heavy atom. The van der Waals surface area contributed by atoms with Gasteiger partial charge < -0.3 is 24.7 Å². The molecule has 0 unspecified atom stereocenters. The summed E-state index contributed by atoms with van der Waals surface area (Å²) < 4.78 is 55.9. The van der Waals surface area contributed by atoms with Gasteiger partial charge >= 0.3 is 19.8 Å². The third-order valence-electron chi connectivity index (χ3n) is 7.31. The van der Waals surface area contributed by atoms with Gasteiger partial charge in [-0.3, -0.25) is 27.7 Å². The Hall–Kier alpha value is -3.33. The summed E-state index contributed by atoms with van der Waals surface area (Å²) in [5.74, 6) is -1.12. The number of halogens is 1. The number of fused-ring (bicyclic) bond motifs is 1. The zero-order chi connectivity index (χ0) is 32.4. The number of carbonyl (C=O) groups excluding carboxylic acids is 2. The average Bonchev–Trinajstić information content (AvgIpc) is 3.54. The van der Waals surface area contributed by atoms with Crippen LogP contribution in [0.2, 0.25) is 5.02 Å². The molecule has 2 N–H and O–H groups in total. The zero-order valence-corrected chi connectivity index (χ0v) is 26.9. The summed E-state index contributed by atoms with van der Waals surface area (Å²) in [7, 11) is -4.13. The first-order valence-corrected chi connectivity index (χ1v) is 16.4. The lowest BCUT2D eigenvalue weighted by molar-refractivity contribution is -0.187. The number of aromatic nitrogens is 4. The van der Waals surface area contributed by atoms with E-state index in [1.807, 2.05) is 0 Å². The standard InChI is InChI=1S/C28H35ClN5O10P/c1-5-20(35)42-23-19(14-40-45(37)39-12-11-18(44-45)16-9-8-10-17(29)13-16)41-26(28(23,4)43-21(36)6-2)34-15-31-22-24(34)32-27(30)33-25(22)38-7-3/h8-10,13,15,18-19,23,26H,5-7,11-12,14H2,1-4H3,(H2,30,32,33)/t18-,19+,23+,26+,28+,45+/m0/s1. The van der Waals surface area contributed by atoms with Gasteiger partial charge in [-0.1, -0.05) is 37.6 Å². The van der Waals surface area contributed by atoms with Crippen molar-refractivity contribution in [3.05, 3.63) is 41.2 Å². The molecule has 0 spiro atoms. The molecule has 0 aliphatic carbocycles. The van der Waals surface area contributed by atoms with Crippen LogP contribution in [0.25, 0.3) is 11.2 Å². The van der Waals surface area contributed by atoms with Crippen LogP contribution < -0.4 is 10.5 Å². The van der Waals surface area contributed by atoms with Gasteiger partial charge in [0.25, 0.3) is 0 Å². The second-order valence-corrected chi connectivity index (χ2v) is 12.5. The largest absolute Gasteiger partial charge is 0.476 e. The molecule has 2 saturated heterocycles. The van der Waals surface area contributed by atoms with Crippen LogP contribution in [0.3, 0.4) is 0 Å². The number of phosphoric acid groups is 1. The van der Waals surface area contributed by atoms with Gasteiger partial charge in [0.15, 0.2) is 29.1 Å². The molecule has 2 aromatic heterocycles. The molecule has 2 fully saturated rings. The normalized spacial score (nSPS) is 28.2. The van der Waals surface area contributed by atoms with Gasteiger partial charge in [-0.15, -0.1) is 0 Å². The molecular weight excluding hydrogens is 633 g/mol. The van der Waals surface area contributed by atoms with Crippen LogP contribution in [0.5, 0.6) is 5.88 Å². The maximum Gasteiger partial charge on any atom is 0.475 e. The van der Waals surface area contributed by atoms with Crippen molar-refractivity contribution in [2.45, 2.75) is 77.1 Å². The van der Waals surface area contributed by atoms with E-state index in [0.717, 1.165) is 0 Å². The Morgan fingerprint density at radius 1 is 1.20 bits per heavy atom. The van der Waals surface area contributed by atoms with Gasteiger partial charge in [-0.25, -0.2) is 9.55 Å². The highest BCUT2D eigenvalue weighted by Crippen LogP contribution is 2.58. The van der Waals surface area contributed by atoms with Gasteiger partial charge in [-0.05, 0) is 31.5 Å². The van der Waals surface area contributed by atoms with E-state index in [4.69, 9.17) is 49.9 Å². The molecule has 6 atom stereocenters. The van der Waals surface area contributed by atoms with Gasteiger partial charge in [0.05, 0.1) is 32.3 Å². The topological polar surface area (TPSA) is 185 Å². The number of anilines is 1. The summed E-state index contributed by atoms with van der Waals surface area (Å²) >= 11 is 6.14. The number of hydrogen-bond acceptors (Lipinski definition) is 14. The lowest BCUT2D eigenvalue weighted by Crippen LogP contribution is -2.50. The van der Waals surface area contributed by atoms with Crippen LogP contribution >= 0.6 is 19.4 Å². The van der Waals surface area contributed by atoms with Crippen molar-refractivity contribution in [3.8, 4) is 5.88 Å². The van der Waals surface area contributed by atoms with Crippen molar-refractivity contribution < 1.29 is 46.7 Å². The molecule has 5 rings (SSSR count). The van der Waals surface area contributed by atoms with Crippen LogP contribution in [-0.2, 0) is 41.9 Å². The number of imidazole rings is 1. The number of esters is 2. The molecule has 45 heavy (non-hydrogen) atoms.